The summed E-state index contributed by atoms with van der Waals surface area (Å²) in [4.78, 5) is 18.2. The van der Waals surface area contributed by atoms with Gasteiger partial charge in [-0.15, -0.1) is 0 Å². The van der Waals surface area contributed by atoms with Gasteiger partial charge < -0.3 is 14.9 Å². The second-order valence-corrected chi connectivity index (χ2v) is 9.61. The Bertz CT molecular complexity index is 1270. The molecular formula is C24H28N8O2. The van der Waals surface area contributed by atoms with E-state index in [0.29, 0.717) is 35.7 Å². The molecule has 1 atom stereocenters. The van der Waals surface area contributed by atoms with Crippen molar-refractivity contribution in [3.05, 3.63) is 54.5 Å². The first-order valence-electron chi connectivity index (χ1n) is 11.3. The molecule has 0 radical (unpaired) electrons. The third-order valence-corrected chi connectivity index (χ3v) is 6.25. The highest BCUT2D eigenvalue weighted by molar-refractivity contribution is 5.55. The lowest BCUT2D eigenvalue weighted by Crippen LogP contribution is -2.28. The fourth-order valence-electron chi connectivity index (χ4n) is 4.16. The predicted molar refractivity (Wildman–Crippen MR) is 126 cm³/mol. The van der Waals surface area contributed by atoms with Gasteiger partial charge in [0.1, 0.15) is 11.5 Å². The van der Waals surface area contributed by atoms with Crippen LogP contribution in [0.3, 0.4) is 0 Å². The number of nitrogens with zero attached hydrogens (tertiary/aromatic N) is 7. The Kier molecular flexibility index (Phi) is 5.40. The normalized spacial score (nSPS) is 15.8. The smallest absolute Gasteiger partial charge is 0.261 e. The Morgan fingerprint density at radius 1 is 1.06 bits per heavy atom. The zero-order valence-electron chi connectivity index (χ0n) is 19.7. The first kappa shape index (κ1) is 22.1. The molecule has 1 aliphatic carbocycles. The highest BCUT2D eigenvalue weighted by Crippen LogP contribution is 2.50. The fraction of sp³-hybridized carbons (Fsp3) is 0.417. The molecule has 4 aromatic heterocycles. The minimum absolute atomic E-state index is 0.369. The Hall–Kier alpha value is -3.66. The number of hydrogen-bond donors (Lipinski definition) is 2. The summed E-state index contributed by atoms with van der Waals surface area (Å²) >= 11 is 0. The largest absolute Gasteiger partial charge is 0.389 e. The van der Waals surface area contributed by atoms with Gasteiger partial charge in [-0.3, -0.25) is 9.67 Å². The highest BCUT2D eigenvalue weighted by atomic mass is 16.5. The standard InChI is InChI=1S/C24H28N8O2/c1-23(2,33)14-32-13-15(9-29-32)21-30-22(31-34-21)24(3,16-5-6-16)17-7-8-18(26-10-17)19-11-28-20(25-4)12-27-19/h7-13,16,33H,5-6,14H2,1-4H3,(H,25,28)/t24-/m0/s1. The molecule has 0 amide bonds. The van der Waals surface area contributed by atoms with Crippen LogP contribution in [0.5, 0.6) is 0 Å². The predicted octanol–water partition coefficient (Wildman–Crippen LogP) is 3.31. The maximum atomic E-state index is 10.0. The van der Waals surface area contributed by atoms with Crippen LogP contribution in [0, 0.1) is 5.92 Å². The molecule has 1 saturated carbocycles. The van der Waals surface area contributed by atoms with Gasteiger partial charge in [0, 0.05) is 19.4 Å². The Balaban J connectivity index is 1.42. The molecule has 0 unspecified atom stereocenters. The molecule has 1 aliphatic rings. The topological polar surface area (TPSA) is 128 Å². The molecule has 10 nitrogen and oxygen atoms in total. The summed E-state index contributed by atoms with van der Waals surface area (Å²) in [6.07, 6.45) is 10.9. The molecule has 4 aromatic rings. The first-order valence-corrected chi connectivity index (χ1v) is 11.3. The van der Waals surface area contributed by atoms with Gasteiger partial charge in [-0.25, -0.2) is 9.97 Å². The summed E-state index contributed by atoms with van der Waals surface area (Å²) in [7, 11) is 1.81. The van der Waals surface area contributed by atoms with Crippen molar-refractivity contribution in [1.82, 2.24) is 34.9 Å². The highest BCUT2D eigenvalue weighted by Gasteiger charge is 2.47. The Morgan fingerprint density at radius 2 is 1.85 bits per heavy atom. The van der Waals surface area contributed by atoms with Gasteiger partial charge in [-0.2, -0.15) is 10.1 Å². The van der Waals surface area contributed by atoms with Crippen LogP contribution >= 0.6 is 0 Å². The van der Waals surface area contributed by atoms with E-state index in [1.807, 2.05) is 12.3 Å². The lowest BCUT2D eigenvalue weighted by Gasteiger charge is -2.26. The van der Waals surface area contributed by atoms with E-state index >= 15 is 0 Å². The van der Waals surface area contributed by atoms with E-state index in [2.05, 4.69) is 43.5 Å². The summed E-state index contributed by atoms with van der Waals surface area (Å²) in [5.74, 6) is 2.17. The van der Waals surface area contributed by atoms with Gasteiger partial charge in [0.2, 0.25) is 0 Å². The molecule has 34 heavy (non-hydrogen) atoms. The molecule has 5 rings (SSSR count). The van der Waals surface area contributed by atoms with Crippen LogP contribution in [0.2, 0.25) is 0 Å². The number of anilines is 1. The Morgan fingerprint density at radius 3 is 2.47 bits per heavy atom. The number of nitrogens with one attached hydrogen (secondary N) is 1. The summed E-state index contributed by atoms with van der Waals surface area (Å²) in [6.45, 7) is 6.00. The molecule has 0 aromatic carbocycles. The average Bonchev–Trinajstić information content (AvgIpc) is 3.39. The average molecular weight is 461 g/mol. The van der Waals surface area contributed by atoms with Crippen molar-refractivity contribution < 1.29 is 9.63 Å². The maximum absolute atomic E-state index is 10.0. The van der Waals surface area contributed by atoms with E-state index in [4.69, 9.17) is 9.51 Å². The molecule has 176 valence electrons. The van der Waals surface area contributed by atoms with Crippen LogP contribution in [0.4, 0.5) is 5.82 Å². The van der Waals surface area contributed by atoms with Crippen molar-refractivity contribution in [2.24, 2.45) is 5.92 Å². The molecule has 0 bridgehead atoms. The summed E-state index contributed by atoms with van der Waals surface area (Å²) < 4.78 is 7.31. The van der Waals surface area contributed by atoms with Crippen LogP contribution in [-0.2, 0) is 12.0 Å². The Labute approximate surface area is 197 Å². The van der Waals surface area contributed by atoms with Gasteiger partial charge >= 0.3 is 0 Å². The van der Waals surface area contributed by atoms with Crippen LogP contribution in [-0.4, -0.2) is 52.6 Å². The summed E-state index contributed by atoms with van der Waals surface area (Å²) in [5, 5.41) is 21.7. The van der Waals surface area contributed by atoms with Crippen LogP contribution in [0.15, 0.2) is 47.6 Å². The second kappa shape index (κ2) is 8.28. The van der Waals surface area contributed by atoms with Gasteiger partial charge in [0.25, 0.3) is 5.89 Å². The molecule has 0 spiro atoms. The van der Waals surface area contributed by atoms with Gasteiger partial charge in [0.05, 0.1) is 47.4 Å². The second-order valence-electron chi connectivity index (χ2n) is 9.61. The van der Waals surface area contributed by atoms with Gasteiger partial charge in [0.15, 0.2) is 5.82 Å². The molecule has 0 aliphatic heterocycles. The lowest BCUT2D eigenvalue weighted by atomic mass is 9.77. The number of pyridine rings is 1. The molecule has 2 N–H and O–H groups in total. The molecular weight excluding hydrogens is 432 g/mol. The van der Waals surface area contributed by atoms with E-state index < -0.39 is 11.0 Å². The first-order chi connectivity index (χ1) is 16.3. The van der Waals surface area contributed by atoms with E-state index in [9.17, 15) is 5.11 Å². The van der Waals surface area contributed by atoms with Crippen LogP contribution in [0.1, 0.15) is 45.0 Å². The number of rotatable bonds is 8. The minimum Gasteiger partial charge on any atom is -0.389 e. The van der Waals surface area contributed by atoms with Crippen molar-refractivity contribution in [3.8, 4) is 22.8 Å². The van der Waals surface area contributed by atoms with Gasteiger partial charge in [-0.05, 0) is 51.2 Å². The lowest BCUT2D eigenvalue weighted by molar-refractivity contribution is 0.0577. The van der Waals surface area contributed by atoms with Crippen molar-refractivity contribution in [2.45, 2.75) is 51.2 Å². The molecule has 10 heteroatoms. The minimum atomic E-state index is -0.868. The summed E-state index contributed by atoms with van der Waals surface area (Å²) in [5.41, 5.74) is 1.93. The molecule has 4 heterocycles. The van der Waals surface area contributed by atoms with Crippen molar-refractivity contribution in [2.75, 3.05) is 12.4 Å². The molecule has 0 saturated heterocycles. The van der Waals surface area contributed by atoms with E-state index in [1.165, 1.54) is 0 Å². The number of aromatic nitrogens is 7. The third-order valence-electron chi connectivity index (χ3n) is 6.25. The SMILES string of the molecule is CNc1cnc(-c2ccc([C@@](C)(c3noc(-c4cnn(CC(C)(C)O)c4)n3)C3CC3)cn2)cn1. The van der Waals surface area contributed by atoms with E-state index in [0.717, 1.165) is 29.7 Å². The van der Waals surface area contributed by atoms with E-state index in [-0.39, 0.29) is 0 Å². The summed E-state index contributed by atoms with van der Waals surface area (Å²) in [6, 6.07) is 4.02. The molecule has 1 fully saturated rings. The van der Waals surface area contributed by atoms with Crippen molar-refractivity contribution in [3.63, 3.8) is 0 Å². The quantitative estimate of drug-likeness (QED) is 0.407. The maximum Gasteiger partial charge on any atom is 0.261 e. The zero-order chi connectivity index (χ0) is 23.9. The fourth-order valence-corrected chi connectivity index (χ4v) is 4.16. The van der Waals surface area contributed by atoms with Crippen LogP contribution in [0.25, 0.3) is 22.8 Å². The van der Waals surface area contributed by atoms with E-state index in [1.54, 1.807) is 50.4 Å². The van der Waals surface area contributed by atoms with Crippen molar-refractivity contribution in [1.29, 1.82) is 0 Å². The monoisotopic (exact) mass is 460 g/mol. The van der Waals surface area contributed by atoms with Gasteiger partial charge in [-0.1, -0.05) is 11.2 Å². The number of hydrogen-bond acceptors (Lipinski definition) is 9. The number of aliphatic hydroxyl groups is 1. The van der Waals surface area contributed by atoms with Crippen LogP contribution < -0.4 is 5.32 Å². The van der Waals surface area contributed by atoms with Crippen molar-refractivity contribution >= 4 is 5.82 Å². The third kappa shape index (κ3) is 4.28. The zero-order valence-corrected chi connectivity index (χ0v) is 19.7.